The SMILES string of the molecule is CCC[C@H](NC(=O)[C@H]1CCCCN1C)C(=O)N[C@H](C[C@@H](OC(C)=O)c1nc(C(=O)N[C@@H](CP)C[C@H](C)C(=O)O)cs1)C(C)C. The fraction of sp³-hybridized carbons (Fsp3) is 0.733. The van der Waals surface area contributed by atoms with Crippen LogP contribution in [0.5, 0.6) is 0 Å². The van der Waals surface area contributed by atoms with Crippen LogP contribution in [-0.4, -0.2) is 88.6 Å². The zero-order chi connectivity index (χ0) is 33.0. The number of carboxylic acid groups (broad SMARTS) is 1. The van der Waals surface area contributed by atoms with E-state index in [-0.39, 0.29) is 48.4 Å². The first-order valence-corrected chi connectivity index (χ1v) is 17.1. The normalized spacial score (nSPS) is 18.9. The zero-order valence-corrected chi connectivity index (χ0v) is 28.7. The smallest absolute Gasteiger partial charge is 0.306 e. The first-order valence-electron chi connectivity index (χ1n) is 15.4. The van der Waals surface area contributed by atoms with Crippen molar-refractivity contribution in [3.05, 3.63) is 16.1 Å². The van der Waals surface area contributed by atoms with E-state index in [4.69, 9.17) is 4.74 Å². The van der Waals surface area contributed by atoms with Gasteiger partial charge in [0.1, 0.15) is 16.7 Å². The van der Waals surface area contributed by atoms with Crippen LogP contribution in [-0.2, 0) is 23.9 Å². The summed E-state index contributed by atoms with van der Waals surface area (Å²) in [5.41, 5.74) is 0.136. The Morgan fingerprint density at radius 1 is 1.14 bits per heavy atom. The van der Waals surface area contributed by atoms with Crippen LogP contribution in [0.2, 0.25) is 0 Å². The van der Waals surface area contributed by atoms with E-state index < -0.39 is 42.0 Å². The molecule has 3 amide bonds. The predicted octanol–water partition coefficient (Wildman–Crippen LogP) is 3.13. The highest BCUT2D eigenvalue weighted by Crippen LogP contribution is 2.29. The lowest BCUT2D eigenvalue weighted by Gasteiger charge is -2.33. The van der Waals surface area contributed by atoms with Crippen molar-refractivity contribution >= 4 is 50.2 Å². The Morgan fingerprint density at radius 2 is 1.84 bits per heavy atom. The summed E-state index contributed by atoms with van der Waals surface area (Å²) >= 11 is 1.17. The van der Waals surface area contributed by atoms with Crippen LogP contribution in [0.1, 0.15) is 101 Å². The van der Waals surface area contributed by atoms with Crippen LogP contribution in [0.25, 0.3) is 0 Å². The number of ether oxygens (including phenoxy) is 1. The van der Waals surface area contributed by atoms with Gasteiger partial charge in [0.25, 0.3) is 5.91 Å². The molecule has 12 nitrogen and oxygen atoms in total. The summed E-state index contributed by atoms with van der Waals surface area (Å²) in [4.78, 5) is 69.3. The first kappa shape index (κ1) is 37.6. The van der Waals surface area contributed by atoms with Gasteiger partial charge in [-0.3, -0.25) is 28.9 Å². The quantitative estimate of drug-likeness (QED) is 0.146. The number of aromatic nitrogens is 1. The predicted molar refractivity (Wildman–Crippen MR) is 172 cm³/mol. The summed E-state index contributed by atoms with van der Waals surface area (Å²) in [6, 6.07) is -1.74. The van der Waals surface area contributed by atoms with Gasteiger partial charge >= 0.3 is 11.9 Å². The Kier molecular flexibility index (Phi) is 15.7. The van der Waals surface area contributed by atoms with Gasteiger partial charge in [-0.1, -0.05) is 40.5 Å². The van der Waals surface area contributed by atoms with Gasteiger partial charge in [-0.15, -0.1) is 20.6 Å². The molecule has 14 heteroatoms. The van der Waals surface area contributed by atoms with Gasteiger partial charge < -0.3 is 25.8 Å². The van der Waals surface area contributed by atoms with Crippen molar-refractivity contribution in [1.29, 1.82) is 0 Å². The standard InChI is InChI=1S/C30H50N5O7PS/c1-7-10-21(32-28(39)24-11-8-9-12-35(24)6)26(37)33-22(17(2)3)14-25(42-19(5)36)29-34-23(16-44-29)27(38)31-20(15-43)13-18(4)30(40)41/h16-18,20-22,24-25H,7-15,43H2,1-6H3,(H,31,38)(H,32,39)(H,33,37)(H,40,41)/t18-,20+,21-,22+,24+,25+/m0/s1. The number of esters is 1. The molecule has 1 aromatic rings. The first-order chi connectivity index (χ1) is 20.8. The number of aliphatic carboxylic acids is 1. The molecule has 44 heavy (non-hydrogen) atoms. The second-order valence-corrected chi connectivity index (χ2v) is 13.3. The summed E-state index contributed by atoms with van der Waals surface area (Å²) in [5.74, 6) is -3.01. The van der Waals surface area contributed by atoms with Gasteiger partial charge in [-0.25, -0.2) is 4.98 Å². The van der Waals surface area contributed by atoms with Crippen molar-refractivity contribution < 1.29 is 33.8 Å². The zero-order valence-electron chi connectivity index (χ0n) is 26.8. The molecule has 2 rings (SSSR count). The minimum atomic E-state index is -0.935. The lowest BCUT2D eigenvalue weighted by atomic mass is 9.96. The van der Waals surface area contributed by atoms with E-state index in [1.807, 2.05) is 32.7 Å². The topological polar surface area (TPSA) is 167 Å². The third-order valence-electron chi connectivity index (χ3n) is 7.90. The number of amides is 3. The minimum absolute atomic E-state index is 0.0405. The van der Waals surface area contributed by atoms with E-state index in [0.717, 1.165) is 25.8 Å². The lowest BCUT2D eigenvalue weighted by Crippen LogP contribution is -2.55. The number of carbonyl (C=O) groups excluding carboxylic acids is 4. The maximum absolute atomic E-state index is 13.5. The Bertz CT molecular complexity index is 1130. The molecular weight excluding hydrogens is 605 g/mol. The molecular formula is C30H50N5O7PS. The Balaban J connectivity index is 2.16. The molecule has 1 unspecified atom stereocenters. The Hall–Kier alpha value is -2.63. The van der Waals surface area contributed by atoms with Gasteiger partial charge in [0.05, 0.1) is 12.0 Å². The fourth-order valence-electron chi connectivity index (χ4n) is 5.18. The number of nitrogens with one attached hydrogen (secondary N) is 3. The number of likely N-dealkylation sites (tertiary alicyclic amines) is 1. The Morgan fingerprint density at radius 3 is 2.41 bits per heavy atom. The molecule has 0 saturated carbocycles. The number of hydrogen-bond donors (Lipinski definition) is 4. The number of thiazole rings is 1. The molecule has 1 aliphatic rings. The van der Waals surface area contributed by atoms with E-state index in [2.05, 4.69) is 30.2 Å². The Labute approximate surface area is 267 Å². The number of rotatable bonds is 17. The lowest BCUT2D eigenvalue weighted by molar-refractivity contribution is -0.147. The molecule has 0 bridgehead atoms. The van der Waals surface area contributed by atoms with Crippen molar-refractivity contribution in [2.75, 3.05) is 19.8 Å². The van der Waals surface area contributed by atoms with Crippen LogP contribution in [0.4, 0.5) is 0 Å². The molecule has 248 valence electrons. The highest BCUT2D eigenvalue weighted by Gasteiger charge is 2.32. The number of hydrogen-bond acceptors (Lipinski definition) is 9. The molecule has 0 radical (unpaired) electrons. The van der Waals surface area contributed by atoms with Crippen LogP contribution in [0.3, 0.4) is 0 Å². The van der Waals surface area contributed by atoms with Gasteiger partial charge in [0, 0.05) is 30.8 Å². The van der Waals surface area contributed by atoms with Crippen molar-refractivity contribution in [3.8, 4) is 0 Å². The number of nitrogens with zero attached hydrogens (tertiary/aromatic N) is 2. The highest BCUT2D eigenvalue weighted by atomic mass is 32.1. The van der Waals surface area contributed by atoms with Crippen molar-refractivity contribution in [2.24, 2.45) is 11.8 Å². The number of carboxylic acids is 1. The maximum Gasteiger partial charge on any atom is 0.306 e. The number of piperidine rings is 1. The van der Waals surface area contributed by atoms with Crippen LogP contribution < -0.4 is 16.0 Å². The molecule has 0 aliphatic carbocycles. The maximum atomic E-state index is 13.5. The van der Waals surface area contributed by atoms with E-state index in [1.54, 1.807) is 12.3 Å². The molecule has 1 saturated heterocycles. The van der Waals surface area contributed by atoms with Crippen LogP contribution >= 0.6 is 20.6 Å². The second kappa shape index (κ2) is 18.4. The highest BCUT2D eigenvalue weighted by molar-refractivity contribution is 7.16. The average Bonchev–Trinajstić information content (AvgIpc) is 3.46. The van der Waals surface area contributed by atoms with Crippen LogP contribution in [0, 0.1) is 11.8 Å². The summed E-state index contributed by atoms with van der Waals surface area (Å²) in [7, 11) is 4.44. The molecule has 1 aliphatic heterocycles. The van der Waals surface area contributed by atoms with Crippen molar-refractivity contribution in [1.82, 2.24) is 25.8 Å². The average molecular weight is 656 g/mol. The molecule has 1 fully saturated rings. The second-order valence-electron chi connectivity index (χ2n) is 12.0. The van der Waals surface area contributed by atoms with Gasteiger partial charge in [0.15, 0.2) is 6.10 Å². The van der Waals surface area contributed by atoms with Gasteiger partial charge in [-0.2, -0.15) is 0 Å². The summed E-state index contributed by atoms with van der Waals surface area (Å²) in [6.45, 7) is 9.58. The summed E-state index contributed by atoms with van der Waals surface area (Å²) in [6.07, 6.45) is 4.13. The van der Waals surface area contributed by atoms with Crippen molar-refractivity contribution in [3.63, 3.8) is 0 Å². The van der Waals surface area contributed by atoms with E-state index >= 15 is 0 Å². The monoisotopic (exact) mass is 655 g/mol. The van der Waals surface area contributed by atoms with Gasteiger partial charge in [0.2, 0.25) is 11.8 Å². The molecule has 0 aromatic carbocycles. The summed E-state index contributed by atoms with van der Waals surface area (Å²) < 4.78 is 5.62. The third kappa shape index (κ3) is 11.7. The fourth-order valence-corrected chi connectivity index (χ4v) is 6.33. The van der Waals surface area contributed by atoms with E-state index in [9.17, 15) is 29.1 Å². The minimum Gasteiger partial charge on any atom is -0.481 e. The van der Waals surface area contributed by atoms with Crippen LogP contribution in [0.15, 0.2) is 5.38 Å². The van der Waals surface area contributed by atoms with E-state index in [0.29, 0.717) is 24.0 Å². The largest absolute Gasteiger partial charge is 0.481 e. The molecule has 2 heterocycles. The summed E-state index contributed by atoms with van der Waals surface area (Å²) in [5, 5.41) is 20.1. The van der Waals surface area contributed by atoms with Crippen molar-refractivity contribution in [2.45, 2.75) is 110 Å². The van der Waals surface area contributed by atoms with E-state index in [1.165, 1.54) is 18.3 Å². The molecule has 7 atom stereocenters. The number of likely N-dealkylation sites (N-methyl/N-ethyl adjacent to an activating group) is 1. The molecule has 1 aromatic heterocycles. The third-order valence-corrected chi connectivity index (χ3v) is 9.41. The molecule has 4 N–H and O–H groups in total. The number of carbonyl (C=O) groups is 5. The molecule has 0 spiro atoms. The van der Waals surface area contributed by atoms with Gasteiger partial charge in [-0.05, 0) is 51.4 Å².